The summed E-state index contributed by atoms with van der Waals surface area (Å²) < 4.78 is 38.4. The second kappa shape index (κ2) is 15.4. The van der Waals surface area contributed by atoms with Gasteiger partial charge in [-0.2, -0.15) is 0 Å². The van der Waals surface area contributed by atoms with Crippen LogP contribution < -0.4 is 4.74 Å². The number of benzene rings is 1. The predicted molar refractivity (Wildman–Crippen MR) is 121 cm³/mol. The van der Waals surface area contributed by atoms with E-state index in [2.05, 4.69) is 0 Å². The standard InChI is InChI=1S/C23H37ClO8/c1-23(2,3)22(25)32-19(12-24)11-20(30-15-26-4)21(31-16-27-5)14-29-13-17-7-9-18(28-6)10-8-17/h7-10,19-21H,11-16H2,1-6H3/t19-,20+,21+/m0/s1. The average Bonchev–Trinajstić information content (AvgIpc) is 2.77. The molecule has 0 fully saturated rings. The first-order valence-corrected chi connectivity index (χ1v) is 11.0. The van der Waals surface area contributed by atoms with Gasteiger partial charge in [-0.25, -0.2) is 0 Å². The fraction of sp³-hybridized carbons (Fsp3) is 0.696. The van der Waals surface area contributed by atoms with Gasteiger partial charge in [0, 0.05) is 20.6 Å². The van der Waals surface area contributed by atoms with Crippen molar-refractivity contribution in [1.29, 1.82) is 0 Å². The number of ether oxygens (including phenoxy) is 7. The molecule has 1 aromatic rings. The van der Waals surface area contributed by atoms with E-state index in [9.17, 15) is 4.79 Å². The smallest absolute Gasteiger partial charge is 0.311 e. The largest absolute Gasteiger partial charge is 0.497 e. The van der Waals surface area contributed by atoms with Crippen LogP contribution in [-0.2, 0) is 39.8 Å². The van der Waals surface area contributed by atoms with Crippen molar-refractivity contribution >= 4 is 17.6 Å². The van der Waals surface area contributed by atoms with E-state index in [4.69, 9.17) is 44.8 Å². The van der Waals surface area contributed by atoms with Gasteiger partial charge in [0.15, 0.2) is 0 Å². The summed E-state index contributed by atoms with van der Waals surface area (Å²) in [6, 6.07) is 7.60. The number of methoxy groups -OCH3 is 3. The monoisotopic (exact) mass is 476 g/mol. The van der Waals surface area contributed by atoms with Gasteiger partial charge in [0.2, 0.25) is 0 Å². The van der Waals surface area contributed by atoms with E-state index in [1.165, 1.54) is 14.2 Å². The minimum atomic E-state index is -0.638. The van der Waals surface area contributed by atoms with Crippen molar-refractivity contribution in [2.45, 2.75) is 52.1 Å². The summed E-state index contributed by atoms with van der Waals surface area (Å²) in [4.78, 5) is 12.3. The van der Waals surface area contributed by atoms with Crippen LogP contribution in [0.25, 0.3) is 0 Å². The molecule has 0 aliphatic rings. The molecule has 1 aromatic carbocycles. The third-order valence-electron chi connectivity index (χ3n) is 4.48. The third-order valence-corrected chi connectivity index (χ3v) is 4.82. The molecule has 0 aromatic heterocycles. The van der Waals surface area contributed by atoms with E-state index in [0.29, 0.717) is 13.0 Å². The highest BCUT2D eigenvalue weighted by atomic mass is 35.5. The fourth-order valence-electron chi connectivity index (χ4n) is 2.65. The maximum atomic E-state index is 12.3. The Kier molecular flexibility index (Phi) is 13.8. The van der Waals surface area contributed by atoms with E-state index in [1.807, 2.05) is 24.3 Å². The lowest BCUT2D eigenvalue weighted by Crippen LogP contribution is -2.41. The van der Waals surface area contributed by atoms with Crippen LogP contribution in [0.15, 0.2) is 24.3 Å². The molecule has 0 spiro atoms. The SMILES string of the molecule is COCO[C@H](COCc1ccc(OC)cc1)[C@@H](C[C@@H](CCl)OC(=O)C(C)(C)C)OCOC. The molecule has 0 heterocycles. The number of alkyl halides is 1. The molecule has 0 saturated carbocycles. The Labute approximate surface area is 196 Å². The number of rotatable bonds is 16. The van der Waals surface area contributed by atoms with Gasteiger partial charge in [-0.15, -0.1) is 11.6 Å². The molecule has 0 bridgehead atoms. The zero-order chi connectivity index (χ0) is 24.0. The highest BCUT2D eigenvalue weighted by molar-refractivity contribution is 6.18. The zero-order valence-electron chi connectivity index (χ0n) is 19.9. The molecular weight excluding hydrogens is 440 g/mol. The van der Waals surface area contributed by atoms with Crippen molar-refractivity contribution in [3.05, 3.63) is 29.8 Å². The summed E-state index contributed by atoms with van der Waals surface area (Å²) in [6.07, 6.45) is -1.24. The Balaban J connectivity index is 2.81. The molecule has 8 nitrogen and oxygen atoms in total. The van der Waals surface area contributed by atoms with Gasteiger partial charge in [-0.1, -0.05) is 12.1 Å². The number of carbonyl (C=O) groups is 1. The second-order valence-electron chi connectivity index (χ2n) is 8.25. The van der Waals surface area contributed by atoms with Gasteiger partial charge in [-0.05, 0) is 38.5 Å². The molecule has 0 aliphatic carbocycles. The lowest BCUT2D eigenvalue weighted by atomic mass is 9.97. The van der Waals surface area contributed by atoms with Crippen molar-refractivity contribution in [2.24, 2.45) is 5.41 Å². The van der Waals surface area contributed by atoms with Crippen LogP contribution in [0, 0.1) is 5.41 Å². The average molecular weight is 477 g/mol. The van der Waals surface area contributed by atoms with Gasteiger partial charge in [0.05, 0.1) is 37.7 Å². The quantitative estimate of drug-likeness (QED) is 0.202. The normalized spacial score (nSPS) is 14.6. The highest BCUT2D eigenvalue weighted by Gasteiger charge is 2.31. The molecule has 32 heavy (non-hydrogen) atoms. The summed E-state index contributed by atoms with van der Waals surface area (Å²) >= 11 is 6.09. The summed E-state index contributed by atoms with van der Waals surface area (Å²) in [7, 11) is 4.68. The molecule has 9 heteroatoms. The molecule has 0 unspecified atom stereocenters. The van der Waals surface area contributed by atoms with Crippen LogP contribution >= 0.6 is 11.6 Å². The van der Waals surface area contributed by atoms with Crippen LogP contribution in [0.1, 0.15) is 32.8 Å². The van der Waals surface area contributed by atoms with Crippen LogP contribution in [0.3, 0.4) is 0 Å². The minimum absolute atomic E-state index is 0.0399. The summed E-state index contributed by atoms with van der Waals surface area (Å²) in [6.45, 7) is 6.07. The van der Waals surface area contributed by atoms with E-state index in [1.54, 1.807) is 27.9 Å². The maximum Gasteiger partial charge on any atom is 0.311 e. The number of hydrogen-bond acceptors (Lipinski definition) is 8. The topological polar surface area (TPSA) is 81.7 Å². The van der Waals surface area contributed by atoms with E-state index >= 15 is 0 Å². The van der Waals surface area contributed by atoms with Gasteiger partial charge in [0.25, 0.3) is 0 Å². The third kappa shape index (κ3) is 10.9. The molecule has 0 aliphatic heterocycles. The summed E-state index contributed by atoms with van der Waals surface area (Å²) in [5.41, 5.74) is 0.351. The van der Waals surface area contributed by atoms with Crippen molar-refractivity contribution in [3.8, 4) is 5.75 Å². The minimum Gasteiger partial charge on any atom is -0.497 e. The molecule has 0 N–H and O–H groups in total. The first-order chi connectivity index (χ1) is 15.2. The van der Waals surface area contributed by atoms with Crippen molar-refractivity contribution in [2.75, 3.05) is 47.4 Å². The van der Waals surface area contributed by atoms with Crippen LogP contribution in [0.2, 0.25) is 0 Å². The number of halogens is 1. The van der Waals surface area contributed by atoms with Gasteiger partial charge < -0.3 is 33.2 Å². The Morgan fingerprint density at radius 2 is 1.56 bits per heavy atom. The van der Waals surface area contributed by atoms with E-state index < -0.39 is 23.7 Å². The second-order valence-corrected chi connectivity index (χ2v) is 8.56. The van der Waals surface area contributed by atoms with Crippen LogP contribution in [-0.4, -0.2) is 71.7 Å². The first kappa shape index (κ1) is 28.6. The Hall–Kier alpha value is -1.42. The van der Waals surface area contributed by atoms with Gasteiger partial charge >= 0.3 is 5.97 Å². The Bertz CT molecular complexity index is 632. The lowest BCUT2D eigenvalue weighted by Gasteiger charge is -2.30. The molecular formula is C23H37ClO8. The summed E-state index contributed by atoms with van der Waals surface area (Å²) in [5, 5.41) is 0. The van der Waals surface area contributed by atoms with E-state index in [0.717, 1.165) is 11.3 Å². The van der Waals surface area contributed by atoms with Crippen molar-refractivity contribution in [1.82, 2.24) is 0 Å². The van der Waals surface area contributed by atoms with E-state index in [-0.39, 0.29) is 32.0 Å². The van der Waals surface area contributed by atoms with Crippen LogP contribution in [0.4, 0.5) is 0 Å². The van der Waals surface area contributed by atoms with Gasteiger partial charge in [-0.3, -0.25) is 4.79 Å². The number of carbonyl (C=O) groups excluding carboxylic acids is 1. The van der Waals surface area contributed by atoms with Gasteiger partial charge in [0.1, 0.15) is 31.5 Å². The van der Waals surface area contributed by atoms with Crippen molar-refractivity contribution in [3.63, 3.8) is 0 Å². The fourth-order valence-corrected chi connectivity index (χ4v) is 2.83. The number of esters is 1. The number of hydrogen-bond donors (Lipinski definition) is 0. The maximum absolute atomic E-state index is 12.3. The molecule has 0 saturated heterocycles. The molecule has 3 atom stereocenters. The Morgan fingerprint density at radius 1 is 0.969 bits per heavy atom. The zero-order valence-corrected chi connectivity index (χ0v) is 20.7. The van der Waals surface area contributed by atoms with Crippen LogP contribution in [0.5, 0.6) is 5.75 Å². The molecule has 184 valence electrons. The van der Waals surface area contributed by atoms with Crippen molar-refractivity contribution < 1.29 is 38.0 Å². The molecule has 1 rings (SSSR count). The molecule has 0 amide bonds. The predicted octanol–water partition coefficient (Wildman–Crippen LogP) is 3.78. The summed E-state index contributed by atoms with van der Waals surface area (Å²) in [5.74, 6) is 0.567. The highest BCUT2D eigenvalue weighted by Crippen LogP contribution is 2.21. The lowest BCUT2D eigenvalue weighted by molar-refractivity contribution is -0.185. The first-order valence-electron chi connectivity index (χ1n) is 10.4. The Morgan fingerprint density at radius 3 is 2.06 bits per heavy atom. The molecule has 0 radical (unpaired) electrons.